The van der Waals surface area contributed by atoms with Crippen molar-refractivity contribution in [3.63, 3.8) is 0 Å². The molecule has 2 unspecified atom stereocenters. The molecule has 2 fully saturated rings. The maximum Gasteiger partial charge on any atom is 0.323 e. The molecule has 0 aromatic carbocycles. The molecule has 1 saturated heterocycles. The van der Waals surface area contributed by atoms with Crippen LogP contribution in [-0.4, -0.2) is 53.9 Å². The minimum absolute atomic E-state index is 0.304. The molecule has 0 spiro atoms. The highest BCUT2D eigenvalue weighted by atomic mass is 16.5. The minimum atomic E-state index is 0.304. The summed E-state index contributed by atoms with van der Waals surface area (Å²) < 4.78 is 11.4. The maximum atomic E-state index is 5.91. The molecule has 7 nitrogen and oxygen atoms in total. The lowest BCUT2D eigenvalue weighted by atomic mass is 9.90. The summed E-state index contributed by atoms with van der Waals surface area (Å²) in [6.07, 6.45) is 5.05. The molecular formula is C14H23N5O2. The van der Waals surface area contributed by atoms with Crippen LogP contribution in [0.2, 0.25) is 0 Å². The second-order valence-electron chi connectivity index (χ2n) is 5.38. The molecule has 0 bridgehead atoms. The van der Waals surface area contributed by atoms with Crippen LogP contribution in [0, 0.1) is 0 Å². The monoisotopic (exact) mass is 293 g/mol. The van der Waals surface area contributed by atoms with Gasteiger partial charge < -0.3 is 19.7 Å². The van der Waals surface area contributed by atoms with E-state index >= 15 is 0 Å². The second kappa shape index (κ2) is 6.43. The van der Waals surface area contributed by atoms with Crippen LogP contribution < -0.4 is 15.0 Å². The minimum Gasteiger partial charge on any atom is -0.464 e. The largest absolute Gasteiger partial charge is 0.464 e. The van der Waals surface area contributed by atoms with Gasteiger partial charge in [0.15, 0.2) is 0 Å². The fraction of sp³-hybridized carbons (Fsp3) is 0.786. The first kappa shape index (κ1) is 14.3. The number of nitrogens with one attached hydrogen (secondary N) is 1. The van der Waals surface area contributed by atoms with Gasteiger partial charge in [-0.15, -0.1) is 0 Å². The first-order chi connectivity index (χ1) is 10.3. The molecule has 1 aliphatic carbocycles. The zero-order valence-corrected chi connectivity index (χ0v) is 12.7. The van der Waals surface area contributed by atoms with Gasteiger partial charge >= 0.3 is 6.01 Å². The van der Waals surface area contributed by atoms with E-state index in [1.54, 1.807) is 7.05 Å². The SMILES string of the molecule is CCOc1nc(NC)nc(N2CCOC3CCCCC32)n1. The van der Waals surface area contributed by atoms with Gasteiger partial charge in [-0.2, -0.15) is 15.0 Å². The normalized spacial score (nSPS) is 25.3. The summed E-state index contributed by atoms with van der Waals surface area (Å²) >= 11 is 0. The molecular weight excluding hydrogens is 270 g/mol. The summed E-state index contributed by atoms with van der Waals surface area (Å²) in [6.45, 7) is 4.02. The number of ether oxygens (including phenoxy) is 2. The van der Waals surface area contributed by atoms with Gasteiger partial charge in [-0.25, -0.2) is 0 Å². The molecule has 116 valence electrons. The van der Waals surface area contributed by atoms with Gasteiger partial charge in [0.1, 0.15) is 0 Å². The lowest BCUT2D eigenvalue weighted by molar-refractivity contribution is -0.00937. The Morgan fingerprint density at radius 1 is 1.29 bits per heavy atom. The van der Waals surface area contributed by atoms with Crippen molar-refractivity contribution in [2.45, 2.75) is 44.8 Å². The number of anilines is 2. The Hall–Kier alpha value is -1.63. The van der Waals surface area contributed by atoms with Crippen LogP contribution in [0.4, 0.5) is 11.9 Å². The van der Waals surface area contributed by atoms with E-state index in [4.69, 9.17) is 9.47 Å². The van der Waals surface area contributed by atoms with E-state index in [9.17, 15) is 0 Å². The molecule has 3 rings (SSSR count). The fourth-order valence-electron chi connectivity index (χ4n) is 3.12. The van der Waals surface area contributed by atoms with Crippen molar-refractivity contribution in [2.24, 2.45) is 0 Å². The van der Waals surface area contributed by atoms with Gasteiger partial charge in [0.2, 0.25) is 11.9 Å². The Morgan fingerprint density at radius 2 is 2.14 bits per heavy atom. The summed E-state index contributed by atoms with van der Waals surface area (Å²) in [7, 11) is 1.80. The maximum absolute atomic E-state index is 5.91. The third-order valence-electron chi connectivity index (χ3n) is 4.09. The lowest BCUT2D eigenvalue weighted by Gasteiger charge is -2.43. The predicted molar refractivity (Wildman–Crippen MR) is 79.9 cm³/mol. The lowest BCUT2D eigenvalue weighted by Crippen LogP contribution is -2.53. The highest BCUT2D eigenvalue weighted by Gasteiger charge is 2.35. The van der Waals surface area contributed by atoms with E-state index in [0.717, 1.165) is 26.0 Å². The molecule has 1 aromatic heterocycles. The Balaban J connectivity index is 1.88. The molecule has 0 amide bonds. The van der Waals surface area contributed by atoms with Crippen LogP contribution in [-0.2, 0) is 4.74 Å². The van der Waals surface area contributed by atoms with E-state index in [-0.39, 0.29) is 0 Å². The Labute approximate surface area is 125 Å². The number of hydrogen-bond donors (Lipinski definition) is 1. The molecule has 1 aromatic rings. The first-order valence-electron chi connectivity index (χ1n) is 7.76. The van der Waals surface area contributed by atoms with Gasteiger partial charge in [0.05, 0.1) is 25.4 Å². The molecule has 21 heavy (non-hydrogen) atoms. The highest BCUT2D eigenvalue weighted by Crippen LogP contribution is 2.31. The molecule has 0 radical (unpaired) electrons. The Kier molecular flexibility index (Phi) is 4.38. The van der Waals surface area contributed by atoms with E-state index in [1.807, 2.05) is 6.92 Å². The smallest absolute Gasteiger partial charge is 0.323 e. The molecule has 2 aliphatic rings. The Morgan fingerprint density at radius 3 is 2.95 bits per heavy atom. The Bertz CT molecular complexity index is 482. The van der Waals surface area contributed by atoms with Crippen LogP contribution in [0.25, 0.3) is 0 Å². The first-order valence-corrected chi connectivity index (χ1v) is 7.76. The summed E-state index contributed by atoms with van der Waals surface area (Å²) in [5.41, 5.74) is 0. The standard InChI is InChI=1S/C14H23N5O2/c1-3-20-14-17-12(15-2)16-13(18-14)19-8-9-21-11-7-5-4-6-10(11)19/h10-11H,3-9H2,1-2H3,(H,15,16,17,18). The number of hydrogen-bond acceptors (Lipinski definition) is 7. The summed E-state index contributed by atoms with van der Waals surface area (Å²) in [4.78, 5) is 15.5. The van der Waals surface area contributed by atoms with Crippen LogP contribution in [0.15, 0.2) is 0 Å². The quantitative estimate of drug-likeness (QED) is 0.901. The third-order valence-corrected chi connectivity index (χ3v) is 4.09. The number of morpholine rings is 1. The van der Waals surface area contributed by atoms with Crippen LogP contribution >= 0.6 is 0 Å². The molecule has 2 heterocycles. The van der Waals surface area contributed by atoms with E-state index < -0.39 is 0 Å². The highest BCUT2D eigenvalue weighted by molar-refractivity contribution is 5.40. The topological polar surface area (TPSA) is 72.4 Å². The van der Waals surface area contributed by atoms with E-state index in [2.05, 4.69) is 25.2 Å². The number of nitrogens with zero attached hydrogens (tertiary/aromatic N) is 4. The molecule has 1 aliphatic heterocycles. The fourth-order valence-corrected chi connectivity index (χ4v) is 3.12. The van der Waals surface area contributed by atoms with Crippen molar-refractivity contribution in [3.8, 4) is 6.01 Å². The van der Waals surface area contributed by atoms with Crippen molar-refractivity contribution < 1.29 is 9.47 Å². The zero-order valence-electron chi connectivity index (χ0n) is 12.7. The number of rotatable bonds is 4. The average Bonchev–Trinajstić information content (AvgIpc) is 2.54. The third kappa shape index (κ3) is 3.02. The number of aromatic nitrogens is 3. The van der Waals surface area contributed by atoms with Crippen molar-refractivity contribution in [3.05, 3.63) is 0 Å². The van der Waals surface area contributed by atoms with Gasteiger partial charge in [-0.3, -0.25) is 0 Å². The van der Waals surface area contributed by atoms with Crippen molar-refractivity contribution in [2.75, 3.05) is 37.0 Å². The average molecular weight is 293 g/mol. The zero-order chi connectivity index (χ0) is 14.7. The predicted octanol–water partition coefficient (Wildman–Crippen LogP) is 1.46. The molecule has 1 saturated carbocycles. The summed E-state index contributed by atoms with van der Waals surface area (Å²) in [5.74, 6) is 1.24. The molecule has 1 N–H and O–H groups in total. The molecule has 7 heteroatoms. The van der Waals surface area contributed by atoms with Crippen molar-refractivity contribution >= 4 is 11.9 Å². The second-order valence-corrected chi connectivity index (χ2v) is 5.38. The van der Waals surface area contributed by atoms with Gasteiger partial charge in [-0.1, -0.05) is 12.8 Å². The van der Waals surface area contributed by atoms with E-state index in [1.165, 1.54) is 12.8 Å². The van der Waals surface area contributed by atoms with Gasteiger partial charge in [-0.05, 0) is 19.8 Å². The van der Waals surface area contributed by atoms with Crippen molar-refractivity contribution in [1.29, 1.82) is 0 Å². The number of fused-ring (bicyclic) bond motifs is 1. The van der Waals surface area contributed by atoms with Crippen LogP contribution in [0.5, 0.6) is 6.01 Å². The summed E-state index contributed by atoms with van der Waals surface area (Å²) in [6, 6.07) is 0.750. The van der Waals surface area contributed by atoms with Gasteiger partial charge in [0, 0.05) is 13.6 Å². The van der Waals surface area contributed by atoms with E-state index in [0.29, 0.717) is 36.7 Å². The summed E-state index contributed by atoms with van der Waals surface area (Å²) in [5, 5.41) is 2.98. The molecule has 2 atom stereocenters. The van der Waals surface area contributed by atoms with Crippen LogP contribution in [0.3, 0.4) is 0 Å². The van der Waals surface area contributed by atoms with Crippen LogP contribution in [0.1, 0.15) is 32.6 Å². The van der Waals surface area contributed by atoms with Crippen molar-refractivity contribution in [1.82, 2.24) is 15.0 Å². The van der Waals surface area contributed by atoms with Gasteiger partial charge in [0.25, 0.3) is 0 Å².